The van der Waals surface area contributed by atoms with Gasteiger partial charge in [-0.1, -0.05) is 27.7 Å². The minimum absolute atomic E-state index is 0. The van der Waals surface area contributed by atoms with Crippen molar-refractivity contribution in [2.45, 2.75) is 54.1 Å². The lowest BCUT2D eigenvalue weighted by Crippen LogP contribution is -2.39. The molecule has 0 radical (unpaired) electrons. The van der Waals surface area contributed by atoms with Gasteiger partial charge in [-0.05, 0) is 25.2 Å². The van der Waals surface area contributed by atoms with Crippen LogP contribution in [0, 0.1) is 11.8 Å². The molecule has 0 spiro atoms. The van der Waals surface area contributed by atoms with Crippen LogP contribution in [0.4, 0.5) is 0 Å². The largest absolute Gasteiger partial charge is 0.380 e. The summed E-state index contributed by atoms with van der Waals surface area (Å²) in [6.07, 6.45) is 4.97. The molecule has 0 atom stereocenters. The van der Waals surface area contributed by atoms with Crippen molar-refractivity contribution in [3.8, 4) is 0 Å². The average Bonchev–Trinajstić information content (AvgIpc) is 2.94. The number of hydrogen-bond donors (Lipinski definition) is 2. The summed E-state index contributed by atoms with van der Waals surface area (Å²) in [4.78, 5) is 9.04. The van der Waals surface area contributed by atoms with Gasteiger partial charge in [-0.2, -0.15) is 0 Å². The van der Waals surface area contributed by atoms with Crippen molar-refractivity contribution in [1.29, 1.82) is 0 Å². The number of ether oxygens (including phenoxy) is 1. The molecule has 0 unspecified atom stereocenters. The Morgan fingerprint density at radius 1 is 1.20 bits per heavy atom. The number of rotatable bonds is 11. The van der Waals surface area contributed by atoms with Crippen LogP contribution < -0.4 is 10.6 Å². The van der Waals surface area contributed by atoms with Gasteiger partial charge in [0.1, 0.15) is 12.4 Å². The molecule has 146 valence electrons. The van der Waals surface area contributed by atoms with Gasteiger partial charge in [0.05, 0.1) is 6.61 Å². The van der Waals surface area contributed by atoms with Crippen LogP contribution in [0.15, 0.2) is 17.4 Å². The maximum atomic E-state index is 5.62. The molecule has 1 aromatic heterocycles. The second-order valence-electron chi connectivity index (χ2n) is 6.81. The summed E-state index contributed by atoms with van der Waals surface area (Å²) in [6.45, 7) is 15.5. The molecule has 0 aliphatic heterocycles. The number of nitrogens with zero attached hydrogens (tertiary/aromatic N) is 3. The Kier molecular flexibility index (Phi) is 13.9. The van der Waals surface area contributed by atoms with Crippen LogP contribution in [0.3, 0.4) is 0 Å². The molecule has 0 bridgehead atoms. The normalized spacial score (nSPS) is 11.7. The number of halogens is 1. The lowest BCUT2D eigenvalue weighted by atomic mass is 10.1. The average molecular weight is 465 g/mol. The summed E-state index contributed by atoms with van der Waals surface area (Å²) >= 11 is 0. The summed E-state index contributed by atoms with van der Waals surface area (Å²) in [5.74, 6) is 3.08. The first-order valence-corrected chi connectivity index (χ1v) is 9.12. The Morgan fingerprint density at radius 3 is 2.60 bits per heavy atom. The summed E-state index contributed by atoms with van der Waals surface area (Å²) < 4.78 is 7.80. The van der Waals surface area contributed by atoms with Crippen molar-refractivity contribution in [2.75, 3.05) is 26.3 Å². The Balaban J connectivity index is 0.00000576. The molecule has 6 nitrogen and oxygen atoms in total. The molecule has 2 N–H and O–H groups in total. The van der Waals surface area contributed by atoms with E-state index in [1.807, 2.05) is 12.4 Å². The lowest BCUT2D eigenvalue weighted by Gasteiger charge is -2.13. The quantitative estimate of drug-likeness (QED) is 0.228. The van der Waals surface area contributed by atoms with E-state index in [-0.39, 0.29) is 24.0 Å². The van der Waals surface area contributed by atoms with Crippen molar-refractivity contribution >= 4 is 29.9 Å². The number of aliphatic imine (C=N–C) groups is 1. The van der Waals surface area contributed by atoms with Crippen molar-refractivity contribution in [2.24, 2.45) is 16.8 Å². The Hall–Kier alpha value is -0.830. The van der Waals surface area contributed by atoms with Crippen LogP contribution in [0.25, 0.3) is 0 Å². The summed E-state index contributed by atoms with van der Waals surface area (Å²) in [5, 5.41) is 6.57. The molecule has 0 aliphatic carbocycles. The highest BCUT2D eigenvalue weighted by molar-refractivity contribution is 14.0. The summed E-state index contributed by atoms with van der Waals surface area (Å²) in [6, 6.07) is 0. The van der Waals surface area contributed by atoms with E-state index < -0.39 is 0 Å². The zero-order chi connectivity index (χ0) is 17.8. The minimum Gasteiger partial charge on any atom is -0.380 e. The van der Waals surface area contributed by atoms with Gasteiger partial charge in [0, 0.05) is 38.6 Å². The molecule has 0 amide bonds. The summed E-state index contributed by atoms with van der Waals surface area (Å²) in [7, 11) is 0. The van der Waals surface area contributed by atoms with Crippen molar-refractivity contribution in [1.82, 2.24) is 20.2 Å². The van der Waals surface area contributed by atoms with E-state index >= 15 is 0 Å². The van der Waals surface area contributed by atoms with E-state index in [1.54, 1.807) is 0 Å². The van der Waals surface area contributed by atoms with E-state index in [2.05, 4.69) is 59.8 Å². The molecule has 1 aromatic rings. The third-order valence-corrected chi connectivity index (χ3v) is 3.46. The molecular formula is C18H36IN5O. The van der Waals surface area contributed by atoms with Crippen molar-refractivity contribution in [3.05, 3.63) is 18.2 Å². The standard InChI is InChI=1S/C18H35N5O.HI/c1-6-19-18(21-9-12-24-11-7-15(2)3)22-13-17-20-8-10-23(17)14-16(4)5;/h8,10,15-16H,6-7,9,11-14H2,1-5H3,(H2,19,21,22);1H. The Bertz CT molecular complexity index is 474. The second kappa shape index (κ2) is 14.4. The maximum Gasteiger partial charge on any atom is 0.191 e. The number of aromatic nitrogens is 2. The number of nitrogens with one attached hydrogen (secondary N) is 2. The van der Waals surface area contributed by atoms with E-state index in [0.29, 0.717) is 25.0 Å². The SMILES string of the molecule is CCNC(=NCc1nccn1CC(C)C)NCCOCCC(C)C.I. The molecule has 0 saturated heterocycles. The highest BCUT2D eigenvalue weighted by Crippen LogP contribution is 2.04. The Morgan fingerprint density at radius 2 is 1.96 bits per heavy atom. The number of guanidine groups is 1. The second-order valence-corrected chi connectivity index (χ2v) is 6.81. The fourth-order valence-electron chi connectivity index (χ4n) is 2.21. The highest BCUT2D eigenvalue weighted by Gasteiger charge is 2.05. The minimum atomic E-state index is 0. The van der Waals surface area contributed by atoms with E-state index in [9.17, 15) is 0 Å². The van der Waals surface area contributed by atoms with Crippen LogP contribution in [0.2, 0.25) is 0 Å². The van der Waals surface area contributed by atoms with Gasteiger partial charge in [-0.15, -0.1) is 24.0 Å². The predicted octanol–water partition coefficient (Wildman–Crippen LogP) is 3.27. The predicted molar refractivity (Wildman–Crippen MR) is 116 cm³/mol. The molecule has 1 rings (SSSR count). The molecule has 0 fully saturated rings. The van der Waals surface area contributed by atoms with Gasteiger partial charge in [0.2, 0.25) is 0 Å². The van der Waals surface area contributed by atoms with Crippen LogP contribution >= 0.6 is 24.0 Å². The van der Waals surface area contributed by atoms with Crippen molar-refractivity contribution < 1.29 is 4.74 Å². The first kappa shape index (κ1) is 24.2. The molecule has 0 aliphatic rings. The lowest BCUT2D eigenvalue weighted by molar-refractivity contribution is 0.128. The third-order valence-electron chi connectivity index (χ3n) is 3.46. The first-order chi connectivity index (χ1) is 11.5. The van der Waals surface area contributed by atoms with E-state index in [1.165, 1.54) is 0 Å². The Labute approximate surface area is 170 Å². The molecule has 7 heteroatoms. The maximum absolute atomic E-state index is 5.62. The topological polar surface area (TPSA) is 63.5 Å². The monoisotopic (exact) mass is 465 g/mol. The van der Waals surface area contributed by atoms with Crippen molar-refractivity contribution in [3.63, 3.8) is 0 Å². The zero-order valence-corrected chi connectivity index (χ0v) is 18.7. The molecule has 1 heterocycles. The molecule has 0 aromatic carbocycles. The van der Waals surface area contributed by atoms with Crippen LogP contribution in [0.5, 0.6) is 0 Å². The smallest absolute Gasteiger partial charge is 0.191 e. The third kappa shape index (κ3) is 11.4. The fraction of sp³-hybridized carbons (Fsp3) is 0.778. The van der Waals surface area contributed by atoms with Gasteiger partial charge in [0.15, 0.2) is 5.96 Å². The zero-order valence-electron chi connectivity index (χ0n) is 16.4. The van der Waals surface area contributed by atoms with Gasteiger partial charge in [-0.3, -0.25) is 0 Å². The van der Waals surface area contributed by atoms with Crippen LogP contribution in [-0.2, 0) is 17.8 Å². The van der Waals surface area contributed by atoms with E-state index in [4.69, 9.17) is 4.74 Å². The number of hydrogen-bond acceptors (Lipinski definition) is 3. The van der Waals surface area contributed by atoms with Gasteiger partial charge < -0.3 is 19.9 Å². The molecular weight excluding hydrogens is 429 g/mol. The van der Waals surface area contributed by atoms with Gasteiger partial charge in [0.25, 0.3) is 0 Å². The highest BCUT2D eigenvalue weighted by atomic mass is 127. The van der Waals surface area contributed by atoms with Crippen LogP contribution in [-0.4, -0.2) is 41.8 Å². The first-order valence-electron chi connectivity index (χ1n) is 9.12. The molecule has 0 saturated carbocycles. The number of imidazole rings is 1. The van der Waals surface area contributed by atoms with E-state index in [0.717, 1.165) is 44.4 Å². The summed E-state index contributed by atoms with van der Waals surface area (Å²) in [5.41, 5.74) is 0. The van der Waals surface area contributed by atoms with Gasteiger partial charge >= 0.3 is 0 Å². The van der Waals surface area contributed by atoms with Gasteiger partial charge in [-0.25, -0.2) is 9.98 Å². The van der Waals surface area contributed by atoms with Crippen LogP contribution in [0.1, 0.15) is 46.9 Å². The molecule has 25 heavy (non-hydrogen) atoms. The fourth-order valence-corrected chi connectivity index (χ4v) is 2.21.